The third-order valence-electron chi connectivity index (χ3n) is 4.64. The van der Waals surface area contributed by atoms with Gasteiger partial charge in [-0.1, -0.05) is 20.3 Å². The van der Waals surface area contributed by atoms with E-state index < -0.39 is 0 Å². The fourth-order valence-corrected chi connectivity index (χ4v) is 4.84. The third kappa shape index (κ3) is 2.35. The monoisotopic (exact) mass is 264 g/mol. The van der Waals surface area contributed by atoms with Crippen molar-refractivity contribution in [2.24, 2.45) is 11.8 Å². The average Bonchev–Trinajstić information content (AvgIpc) is 3.00. The van der Waals surface area contributed by atoms with Gasteiger partial charge in [-0.25, -0.2) is 4.98 Å². The molecule has 2 aliphatic rings. The number of aromatic nitrogens is 1. The van der Waals surface area contributed by atoms with Gasteiger partial charge in [0.15, 0.2) is 0 Å². The molecule has 2 bridgehead atoms. The van der Waals surface area contributed by atoms with E-state index in [4.69, 9.17) is 4.98 Å². The van der Waals surface area contributed by atoms with Crippen LogP contribution < -0.4 is 5.32 Å². The molecule has 3 heteroatoms. The number of fused-ring (bicyclic) bond motifs is 2. The number of rotatable bonds is 4. The molecule has 18 heavy (non-hydrogen) atoms. The average molecular weight is 264 g/mol. The number of hydrogen-bond donors (Lipinski definition) is 1. The van der Waals surface area contributed by atoms with Crippen LogP contribution in [-0.2, 0) is 6.54 Å². The van der Waals surface area contributed by atoms with Crippen molar-refractivity contribution in [3.05, 3.63) is 15.6 Å². The van der Waals surface area contributed by atoms with Crippen LogP contribution in [0.5, 0.6) is 0 Å². The van der Waals surface area contributed by atoms with E-state index in [1.807, 2.05) is 11.3 Å². The first-order chi connectivity index (χ1) is 8.63. The topological polar surface area (TPSA) is 24.9 Å². The lowest BCUT2D eigenvalue weighted by molar-refractivity contribution is 0.418. The van der Waals surface area contributed by atoms with Crippen LogP contribution in [0.1, 0.15) is 61.0 Å². The van der Waals surface area contributed by atoms with Gasteiger partial charge in [0.05, 0.1) is 10.7 Å². The van der Waals surface area contributed by atoms with E-state index in [1.54, 1.807) is 0 Å². The third-order valence-corrected chi connectivity index (χ3v) is 5.92. The van der Waals surface area contributed by atoms with Gasteiger partial charge in [0, 0.05) is 23.4 Å². The fraction of sp³-hybridized carbons (Fsp3) is 0.800. The zero-order valence-electron chi connectivity index (χ0n) is 11.7. The highest BCUT2D eigenvalue weighted by atomic mass is 32.1. The van der Waals surface area contributed by atoms with E-state index in [0.717, 1.165) is 24.3 Å². The molecule has 2 saturated carbocycles. The molecule has 3 atom stereocenters. The highest BCUT2D eigenvalue weighted by Gasteiger charge is 2.41. The summed E-state index contributed by atoms with van der Waals surface area (Å²) in [7, 11) is 0. The van der Waals surface area contributed by atoms with Crippen LogP contribution in [-0.4, -0.2) is 11.0 Å². The van der Waals surface area contributed by atoms with Crippen molar-refractivity contribution in [2.45, 2.75) is 65.0 Å². The normalized spacial score (nSPS) is 30.6. The van der Waals surface area contributed by atoms with Gasteiger partial charge < -0.3 is 5.32 Å². The van der Waals surface area contributed by atoms with Crippen molar-refractivity contribution >= 4 is 11.3 Å². The zero-order valence-corrected chi connectivity index (χ0v) is 12.5. The standard InChI is InChI=1S/C15H24N2S/c1-9(2)16-8-14-10(3)17-15(18-14)13-7-11-4-5-12(13)6-11/h9,11-13,16H,4-8H2,1-3H3. The summed E-state index contributed by atoms with van der Waals surface area (Å²) in [6.07, 6.45) is 5.82. The first-order valence-corrected chi connectivity index (χ1v) is 8.14. The minimum atomic E-state index is 0.553. The van der Waals surface area contributed by atoms with Gasteiger partial charge in [-0.15, -0.1) is 11.3 Å². The molecule has 2 fully saturated rings. The van der Waals surface area contributed by atoms with Crippen molar-refractivity contribution in [3.63, 3.8) is 0 Å². The Labute approximate surface area is 114 Å². The number of nitrogens with one attached hydrogen (secondary N) is 1. The second-order valence-electron chi connectivity index (χ2n) is 6.38. The number of aryl methyl sites for hydroxylation is 1. The Morgan fingerprint density at radius 2 is 2.17 bits per heavy atom. The number of thiazole rings is 1. The summed E-state index contributed by atoms with van der Waals surface area (Å²) in [5.41, 5.74) is 1.26. The van der Waals surface area contributed by atoms with E-state index in [9.17, 15) is 0 Å². The first-order valence-electron chi connectivity index (χ1n) is 7.33. The van der Waals surface area contributed by atoms with Crippen LogP contribution in [0.2, 0.25) is 0 Å². The minimum Gasteiger partial charge on any atom is -0.310 e. The molecular formula is C15H24N2S. The van der Waals surface area contributed by atoms with E-state index in [1.165, 1.54) is 41.3 Å². The van der Waals surface area contributed by atoms with Crippen molar-refractivity contribution in [2.75, 3.05) is 0 Å². The molecular weight excluding hydrogens is 240 g/mol. The molecule has 0 spiro atoms. The Balaban J connectivity index is 1.72. The summed E-state index contributed by atoms with van der Waals surface area (Å²) < 4.78 is 0. The number of hydrogen-bond acceptors (Lipinski definition) is 3. The predicted octanol–water partition coefficient (Wildman–Crippen LogP) is 3.85. The second kappa shape index (κ2) is 4.93. The van der Waals surface area contributed by atoms with Gasteiger partial charge in [0.25, 0.3) is 0 Å². The van der Waals surface area contributed by atoms with Crippen LogP contribution in [0, 0.1) is 18.8 Å². The number of nitrogens with zero attached hydrogens (tertiary/aromatic N) is 1. The predicted molar refractivity (Wildman–Crippen MR) is 77.0 cm³/mol. The first kappa shape index (κ1) is 12.6. The van der Waals surface area contributed by atoms with E-state index in [0.29, 0.717) is 6.04 Å². The van der Waals surface area contributed by atoms with Crippen LogP contribution in [0.3, 0.4) is 0 Å². The maximum absolute atomic E-state index is 4.87. The summed E-state index contributed by atoms with van der Waals surface area (Å²) in [4.78, 5) is 6.31. The molecule has 1 N–H and O–H groups in total. The van der Waals surface area contributed by atoms with Gasteiger partial charge in [0.2, 0.25) is 0 Å². The van der Waals surface area contributed by atoms with E-state index >= 15 is 0 Å². The molecule has 1 aromatic rings. The quantitative estimate of drug-likeness (QED) is 0.893. The van der Waals surface area contributed by atoms with Crippen LogP contribution in [0.15, 0.2) is 0 Å². The Hall–Kier alpha value is -0.410. The van der Waals surface area contributed by atoms with E-state index in [-0.39, 0.29) is 0 Å². The summed E-state index contributed by atoms with van der Waals surface area (Å²) in [5.74, 6) is 2.76. The maximum atomic E-state index is 4.87. The molecule has 3 rings (SSSR count). The molecule has 0 radical (unpaired) electrons. The fourth-order valence-electron chi connectivity index (χ4n) is 3.62. The molecule has 2 aliphatic carbocycles. The van der Waals surface area contributed by atoms with Crippen molar-refractivity contribution < 1.29 is 0 Å². The van der Waals surface area contributed by atoms with Crippen LogP contribution in [0.25, 0.3) is 0 Å². The van der Waals surface area contributed by atoms with Crippen molar-refractivity contribution in [3.8, 4) is 0 Å². The zero-order chi connectivity index (χ0) is 12.7. The Kier molecular flexibility index (Phi) is 3.46. The van der Waals surface area contributed by atoms with Gasteiger partial charge in [-0.05, 0) is 38.0 Å². The van der Waals surface area contributed by atoms with Gasteiger partial charge >= 0.3 is 0 Å². The lowest BCUT2D eigenvalue weighted by Crippen LogP contribution is -2.21. The molecule has 100 valence electrons. The van der Waals surface area contributed by atoms with Gasteiger partial charge in [-0.2, -0.15) is 0 Å². The highest BCUT2D eigenvalue weighted by Crippen LogP contribution is 2.53. The van der Waals surface area contributed by atoms with Crippen molar-refractivity contribution in [1.82, 2.24) is 10.3 Å². The Morgan fingerprint density at radius 3 is 2.78 bits per heavy atom. The summed E-state index contributed by atoms with van der Waals surface area (Å²) in [6.45, 7) is 7.56. The van der Waals surface area contributed by atoms with Gasteiger partial charge in [-0.3, -0.25) is 0 Å². The summed E-state index contributed by atoms with van der Waals surface area (Å²) in [5, 5.41) is 4.94. The van der Waals surface area contributed by atoms with Crippen molar-refractivity contribution in [1.29, 1.82) is 0 Å². The summed E-state index contributed by atoms with van der Waals surface area (Å²) >= 11 is 1.96. The Bertz CT molecular complexity index is 424. The molecule has 1 heterocycles. The lowest BCUT2D eigenvalue weighted by atomic mass is 9.89. The maximum Gasteiger partial charge on any atom is 0.0965 e. The summed E-state index contributed by atoms with van der Waals surface area (Å²) in [6, 6.07) is 0.553. The largest absolute Gasteiger partial charge is 0.310 e. The molecule has 1 aromatic heterocycles. The molecule has 0 aliphatic heterocycles. The highest BCUT2D eigenvalue weighted by molar-refractivity contribution is 7.11. The molecule has 0 amide bonds. The van der Waals surface area contributed by atoms with Crippen LogP contribution >= 0.6 is 11.3 Å². The second-order valence-corrected chi connectivity index (χ2v) is 7.49. The Morgan fingerprint density at radius 1 is 1.33 bits per heavy atom. The lowest BCUT2D eigenvalue weighted by Gasteiger charge is -2.18. The van der Waals surface area contributed by atoms with Crippen LogP contribution in [0.4, 0.5) is 0 Å². The molecule has 2 nitrogen and oxygen atoms in total. The molecule has 0 saturated heterocycles. The smallest absolute Gasteiger partial charge is 0.0965 e. The minimum absolute atomic E-state index is 0.553. The SMILES string of the molecule is Cc1nc(C2CC3CCC2C3)sc1CNC(C)C. The molecule has 3 unspecified atom stereocenters. The van der Waals surface area contributed by atoms with Gasteiger partial charge in [0.1, 0.15) is 0 Å². The molecule has 0 aromatic carbocycles. The van der Waals surface area contributed by atoms with E-state index in [2.05, 4.69) is 26.1 Å².